The molecule has 0 fully saturated rings. The molecule has 0 unspecified atom stereocenters. The Morgan fingerprint density at radius 3 is 1.62 bits per heavy atom. The van der Waals surface area contributed by atoms with Crippen LogP contribution in [0.2, 0.25) is 0 Å². The van der Waals surface area contributed by atoms with Crippen LogP contribution in [0.4, 0.5) is 0 Å². The molecule has 21 heavy (non-hydrogen) atoms. The van der Waals surface area contributed by atoms with Gasteiger partial charge in [-0.05, 0) is 18.9 Å². The van der Waals surface area contributed by atoms with Gasteiger partial charge in [-0.15, -0.1) is 12.3 Å². The fourth-order valence-electron chi connectivity index (χ4n) is 2.50. The van der Waals surface area contributed by atoms with Gasteiger partial charge in [0.25, 0.3) is 0 Å². The van der Waals surface area contributed by atoms with Crippen molar-refractivity contribution in [1.29, 1.82) is 0 Å². The van der Waals surface area contributed by atoms with Gasteiger partial charge in [0.1, 0.15) is 0 Å². The molecule has 1 nitrogen and oxygen atoms in total. The topological polar surface area (TPSA) is 14.1 Å². The molecule has 0 aliphatic rings. The number of unbranched alkanes of at least 4 members (excludes halogenated alkanes) is 12. The second kappa shape index (κ2) is 23.4. The third-order valence-electron chi connectivity index (χ3n) is 3.78. The maximum Gasteiger partial charge on any atom is 1.00 e. The van der Waals surface area contributed by atoms with E-state index < -0.39 is 0 Å². The standard InChI is InChI=1S/C19H36N.K/c1-3-5-6-7-8-9-10-11-12-13-14-15-16-17-18-19-20-4-2;/h5H,1,4,6-19H2,2H3;/q-1;+1. The van der Waals surface area contributed by atoms with E-state index in [0.29, 0.717) is 0 Å². The van der Waals surface area contributed by atoms with Crippen LogP contribution < -0.4 is 51.4 Å². The van der Waals surface area contributed by atoms with Crippen molar-refractivity contribution in [3.8, 4) is 0 Å². The first-order valence-corrected chi connectivity index (χ1v) is 8.89. The van der Waals surface area contributed by atoms with Crippen LogP contribution in [0.5, 0.6) is 0 Å². The summed E-state index contributed by atoms with van der Waals surface area (Å²) in [5.41, 5.74) is 2.84. The molecule has 0 aliphatic heterocycles. The quantitative estimate of drug-likeness (QED) is 0.234. The van der Waals surface area contributed by atoms with Crippen molar-refractivity contribution >= 4 is 0 Å². The summed E-state index contributed by atoms with van der Waals surface area (Å²) in [6.45, 7) is 7.78. The van der Waals surface area contributed by atoms with Gasteiger partial charge in [-0.2, -0.15) is 6.54 Å². The molecular weight excluding hydrogens is 281 g/mol. The predicted molar refractivity (Wildman–Crippen MR) is 92.5 cm³/mol. The van der Waals surface area contributed by atoms with Gasteiger partial charge < -0.3 is 5.32 Å². The average Bonchev–Trinajstić information content (AvgIpc) is 2.47. The molecule has 0 aromatic heterocycles. The Labute approximate surface area is 176 Å². The Balaban J connectivity index is 0. The normalized spacial score (nSPS) is 9.95. The molecule has 0 rings (SSSR count). The van der Waals surface area contributed by atoms with Gasteiger partial charge in [0.15, 0.2) is 0 Å². The molecule has 0 aromatic rings. The molecule has 0 aliphatic carbocycles. The van der Waals surface area contributed by atoms with Crippen LogP contribution >= 0.6 is 0 Å². The van der Waals surface area contributed by atoms with Gasteiger partial charge >= 0.3 is 51.4 Å². The Morgan fingerprint density at radius 2 is 1.19 bits per heavy atom. The van der Waals surface area contributed by atoms with Gasteiger partial charge in [0, 0.05) is 0 Å². The van der Waals surface area contributed by atoms with Gasteiger partial charge in [-0.25, -0.2) is 0 Å². The van der Waals surface area contributed by atoms with Crippen molar-refractivity contribution in [3.63, 3.8) is 0 Å². The Hall–Kier alpha value is 1.12. The first-order chi connectivity index (χ1) is 9.91. The molecule has 0 aromatic carbocycles. The van der Waals surface area contributed by atoms with Crippen molar-refractivity contribution in [2.24, 2.45) is 0 Å². The molecule has 0 atom stereocenters. The first kappa shape index (κ1) is 24.4. The summed E-state index contributed by atoms with van der Waals surface area (Å²) in [5.74, 6) is 0. The maximum absolute atomic E-state index is 4.36. The third kappa shape index (κ3) is 23.5. The summed E-state index contributed by atoms with van der Waals surface area (Å²) in [6.07, 6.45) is 20.0. The van der Waals surface area contributed by atoms with Crippen LogP contribution in [0.25, 0.3) is 5.32 Å². The number of rotatable bonds is 16. The zero-order valence-corrected chi connectivity index (χ0v) is 18.0. The molecule has 0 bridgehead atoms. The van der Waals surface area contributed by atoms with Crippen molar-refractivity contribution in [3.05, 3.63) is 23.7 Å². The molecule has 0 radical (unpaired) electrons. The number of nitrogens with zero attached hydrogens (tertiary/aromatic N) is 1. The Morgan fingerprint density at radius 1 is 0.762 bits per heavy atom. The van der Waals surface area contributed by atoms with E-state index in [1.165, 1.54) is 77.0 Å². The van der Waals surface area contributed by atoms with Crippen molar-refractivity contribution < 1.29 is 51.4 Å². The van der Waals surface area contributed by atoms with Gasteiger partial charge in [0.05, 0.1) is 0 Å². The molecule has 2 heteroatoms. The van der Waals surface area contributed by atoms with E-state index in [-0.39, 0.29) is 51.4 Å². The van der Waals surface area contributed by atoms with Crippen LogP contribution in [-0.4, -0.2) is 13.1 Å². The molecule has 0 spiro atoms. The average molecular weight is 318 g/mol. The summed E-state index contributed by atoms with van der Waals surface area (Å²) >= 11 is 0. The van der Waals surface area contributed by atoms with Crippen LogP contribution in [-0.2, 0) is 0 Å². The third-order valence-corrected chi connectivity index (χ3v) is 3.78. The van der Waals surface area contributed by atoms with Crippen molar-refractivity contribution in [2.75, 3.05) is 13.1 Å². The summed E-state index contributed by atoms with van der Waals surface area (Å²) in [4.78, 5) is 0. The van der Waals surface area contributed by atoms with E-state index >= 15 is 0 Å². The molecule has 118 valence electrons. The second-order valence-corrected chi connectivity index (χ2v) is 5.70. The van der Waals surface area contributed by atoms with Crippen LogP contribution in [0, 0.1) is 0 Å². The molecule has 0 saturated heterocycles. The Bertz CT molecular complexity index is 222. The largest absolute Gasteiger partial charge is 1.00 e. The fraction of sp³-hybridized carbons (Fsp3) is 0.842. The summed E-state index contributed by atoms with van der Waals surface area (Å²) in [5, 5.41) is 4.36. The van der Waals surface area contributed by atoms with Crippen LogP contribution in [0.3, 0.4) is 0 Å². The monoisotopic (exact) mass is 317 g/mol. The van der Waals surface area contributed by atoms with Crippen molar-refractivity contribution in [1.82, 2.24) is 0 Å². The van der Waals surface area contributed by atoms with E-state index in [1.54, 1.807) is 0 Å². The van der Waals surface area contributed by atoms with E-state index in [9.17, 15) is 0 Å². The zero-order chi connectivity index (χ0) is 14.7. The van der Waals surface area contributed by atoms with E-state index in [2.05, 4.69) is 30.6 Å². The van der Waals surface area contributed by atoms with E-state index in [4.69, 9.17) is 0 Å². The number of allylic oxidation sites excluding steroid dienone is 1. The molecule has 0 N–H and O–H groups in total. The minimum absolute atomic E-state index is 0. The van der Waals surface area contributed by atoms with E-state index in [0.717, 1.165) is 19.5 Å². The van der Waals surface area contributed by atoms with E-state index in [1.807, 2.05) is 0 Å². The summed E-state index contributed by atoms with van der Waals surface area (Å²) in [7, 11) is 0. The van der Waals surface area contributed by atoms with Crippen LogP contribution in [0.15, 0.2) is 18.4 Å². The molecule has 0 heterocycles. The SMILES string of the molecule is C=C=CCCCCCCCCCCCCCC[N-]CC.[K+]. The minimum Gasteiger partial charge on any atom is -0.662 e. The Kier molecular flexibility index (Phi) is 27.1. The second-order valence-electron chi connectivity index (χ2n) is 5.70. The fourth-order valence-corrected chi connectivity index (χ4v) is 2.50. The van der Waals surface area contributed by atoms with Gasteiger partial charge in [0.2, 0.25) is 0 Å². The molecular formula is C19H36KN. The predicted octanol–water partition coefficient (Wildman–Crippen LogP) is 3.80. The number of hydrogen-bond acceptors (Lipinski definition) is 0. The summed E-state index contributed by atoms with van der Waals surface area (Å²) < 4.78 is 0. The minimum atomic E-state index is 0. The van der Waals surface area contributed by atoms with Crippen molar-refractivity contribution in [2.45, 2.75) is 90.4 Å². The summed E-state index contributed by atoms with van der Waals surface area (Å²) in [6, 6.07) is 0. The zero-order valence-electron chi connectivity index (χ0n) is 14.8. The first-order valence-electron chi connectivity index (χ1n) is 8.89. The smallest absolute Gasteiger partial charge is 0.662 e. The molecule has 0 amide bonds. The van der Waals surface area contributed by atoms with Gasteiger partial charge in [-0.1, -0.05) is 84.1 Å². The number of hydrogen-bond donors (Lipinski definition) is 0. The van der Waals surface area contributed by atoms with Gasteiger partial charge in [-0.3, -0.25) is 0 Å². The molecule has 0 saturated carbocycles. The van der Waals surface area contributed by atoms with Crippen LogP contribution in [0.1, 0.15) is 90.4 Å². The maximum atomic E-state index is 4.36.